The third-order valence-electron chi connectivity index (χ3n) is 2.96. The summed E-state index contributed by atoms with van der Waals surface area (Å²) in [5.41, 5.74) is 4.76. The van der Waals surface area contributed by atoms with Crippen LogP contribution < -0.4 is 5.73 Å². The molecule has 0 saturated heterocycles. The summed E-state index contributed by atoms with van der Waals surface area (Å²) in [6.07, 6.45) is 1.50. The summed E-state index contributed by atoms with van der Waals surface area (Å²) < 4.78 is 0. The van der Waals surface area contributed by atoms with Crippen molar-refractivity contribution in [3.05, 3.63) is 0 Å². The number of amides is 1. The Morgan fingerprint density at radius 1 is 1.58 bits per heavy atom. The number of hydrogen-bond acceptors (Lipinski definition) is 2. The Bertz CT molecular complexity index is 223. The minimum Gasteiger partial charge on any atom is -0.369 e. The van der Waals surface area contributed by atoms with Crippen molar-refractivity contribution in [1.29, 1.82) is 0 Å². The second-order valence-electron chi connectivity index (χ2n) is 3.89. The van der Waals surface area contributed by atoms with Crippen LogP contribution in [-0.4, -0.2) is 11.7 Å². The van der Waals surface area contributed by atoms with Gasteiger partial charge in [0, 0.05) is 12.8 Å². The standard InChI is InChI=1S/C9H15NO2/c1-6(2)9(8(10)12)4-3-7(11)5-9/h6H,3-5H2,1-2H3,(H2,10,12). The number of carbonyl (C=O) groups is 2. The van der Waals surface area contributed by atoms with Crippen molar-refractivity contribution in [2.24, 2.45) is 17.1 Å². The van der Waals surface area contributed by atoms with Gasteiger partial charge in [0.1, 0.15) is 5.78 Å². The molecule has 0 aromatic heterocycles. The van der Waals surface area contributed by atoms with Gasteiger partial charge in [-0.15, -0.1) is 0 Å². The molecule has 0 aliphatic heterocycles. The zero-order chi connectivity index (χ0) is 9.35. The average Bonchev–Trinajstić information content (AvgIpc) is 2.32. The Balaban J connectivity index is 2.89. The number of ketones is 1. The van der Waals surface area contributed by atoms with Crippen LogP contribution in [0.3, 0.4) is 0 Å². The van der Waals surface area contributed by atoms with E-state index in [2.05, 4.69) is 0 Å². The van der Waals surface area contributed by atoms with Crippen LogP contribution in [0.5, 0.6) is 0 Å². The maximum absolute atomic E-state index is 11.2. The molecular weight excluding hydrogens is 154 g/mol. The van der Waals surface area contributed by atoms with Gasteiger partial charge in [-0.05, 0) is 12.3 Å². The van der Waals surface area contributed by atoms with Gasteiger partial charge in [0.2, 0.25) is 5.91 Å². The van der Waals surface area contributed by atoms with Crippen molar-refractivity contribution in [1.82, 2.24) is 0 Å². The van der Waals surface area contributed by atoms with E-state index < -0.39 is 5.41 Å². The van der Waals surface area contributed by atoms with Crippen LogP contribution >= 0.6 is 0 Å². The molecular formula is C9H15NO2. The van der Waals surface area contributed by atoms with Crippen LogP contribution in [0, 0.1) is 11.3 Å². The fraction of sp³-hybridized carbons (Fsp3) is 0.778. The second-order valence-corrected chi connectivity index (χ2v) is 3.89. The van der Waals surface area contributed by atoms with Crippen molar-refractivity contribution in [3.8, 4) is 0 Å². The Labute approximate surface area is 72.3 Å². The van der Waals surface area contributed by atoms with Gasteiger partial charge < -0.3 is 5.73 Å². The summed E-state index contributed by atoms with van der Waals surface area (Å²) in [6.45, 7) is 3.90. The van der Waals surface area contributed by atoms with Crippen LogP contribution in [0.25, 0.3) is 0 Å². The van der Waals surface area contributed by atoms with Crippen LogP contribution in [0.4, 0.5) is 0 Å². The van der Waals surface area contributed by atoms with Gasteiger partial charge in [-0.3, -0.25) is 9.59 Å². The summed E-state index contributed by atoms with van der Waals surface area (Å²) in [6, 6.07) is 0. The SMILES string of the molecule is CC(C)C1(C(N)=O)CCC(=O)C1. The zero-order valence-corrected chi connectivity index (χ0v) is 7.59. The molecule has 1 aliphatic rings. The highest BCUT2D eigenvalue weighted by Crippen LogP contribution is 2.42. The van der Waals surface area contributed by atoms with Crippen molar-refractivity contribution in [2.75, 3.05) is 0 Å². The molecule has 0 spiro atoms. The second kappa shape index (κ2) is 2.88. The van der Waals surface area contributed by atoms with Gasteiger partial charge in [-0.2, -0.15) is 0 Å². The first-order valence-corrected chi connectivity index (χ1v) is 4.30. The molecule has 1 aliphatic carbocycles. The molecule has 0 heterocycles. The van der Waals surface area contributed by atoms with E-state index in [0.29, 0.717) is 19.3 Å². The van der Waals surface area contributed by atoms with Crippen molar-refractivity contribution in [3.63, 3.8) is 0 Å². The van der Waals surface area contributed by atoms with Gasteiger partial charge in [0.05, 0.1) is 5.41 Å². The molecule has 0 aromatic rings. The highest BCUT2D eigenvalue weighted by atomic mass is 16.2. The largest absolute Gasteiger partial charge is 0.369 e. The molecule has 0 radical (unpaired) electrons. The van der Waals surface area contributed by atoms with E-state index in [1.807, 2.05) is 13.8 Å². The van der Waals surface area contributed by atoms with Crippen molar-refractivity contribution >= 4 is 11.7 Å². The fourth-order valence-electron chi connectivity index (χ4n) is 1.88. The molecule has 3 nitrogen and oxygen atoms in total. The van der Waals surface area contributed by atoms with E-state index in [4.69, 9.17) is 5.73 Å². The summed E-state index contributed by atoms with van der Waals surface area (Å²) >= 11 is 0. The molecule has 0 aromatic carbocycles. The number of Topliss-reactive ketones (excluding diaryl/α,β-unsaturated/α-hetero) is 1. The van der Waals surface area contributed by atoms with Gasteiger partial charge >= 0.3 is 0 Å². The maximum Gasteiger partial charge on any atom is 0.224 e. The molecule has 1 saturated carbocycles. The minimum absolute atomic E-state index is 0.168. The maximum atomic E-state index is 11.2. The zero-order valence-electron chi connectivity index (χ0n) is 7.59. The third-order valence-corrected chi connectivity index (χ3v) is 2.96. The lowest BCUT2D eigenvalue weighted by molar-refractivity contribution is -0.131. The molecule has 68 valence electrons. The van der Waals surface area contributed by atoms with Crippen LogP contribution in [0.1, 0.15) is 33.1 Å². The molecule has 2 N–H and O–H groups in total. The number of carbonyl (C=O) groups excluding carboxylic acids is 2. The first-order valence-electron chi connectivity index (χ1n) is 4.30. The van der Waals surface area contributed by atoms with Crippen molar-refractivity contribution in [2.45, 2.75) is 33.1 Å². The lowest BCUT2D eigenvalue weighted by Crippen LogP contribution is -2.39. The van der Waals surface area contributed by atoms with Crippen LogP contribution in [0.15, 0.2) is 0 Å². The highest BCUT2D eigenvalue weighted by molar-refractivity contribution is 5.92. The van der Waals surface area contributed by atoms with E-state index in [1.54, 1.807) is 0 Å². The van der Waals surface area contributed by atoms with E-state index in [9.17, 15) is 9.59 Å². The monoisotopic (exact) mass is 169 g/mol. The summed E-state index contributed by atoms with van der Waals surface area (Å²) in [5, 5.41) is 0. The number of nitrogens with two attached hydrogens (primary N) is 1. The fourth-order valence-corrected chi connectivity index (χ4v) is 1.88. The molecule has 12 heavy (non-hydrogen) atoms. The van der Waals surface area contributed by atoms with E-state index in [1.165, 1.54) is 0 Å². The molecule has 1 fully saturated rings. The normalized spacial score (nSPS) is 29.8. The molecule has 1 atom stereocenters. The number of hydrogen-bond donors (Lipinski definition) is 1. The Kier molecular flexibility index (Phi) is 2.22. The molecule has 1 rings (SSSR count). The molecule has 1 unspecified atom stereocenters. The van der Waals surface area contributed by atoms with Gasteiger partial charge in [0.15, 0.2) is 0 Å². The predicted molar refractivity (Wildman–Crippen MR) is 45.3 cm³/mol. The Hall–Kier alpha value is -0.860. The molecule has 3 heteroatoms. The number of primary amides is 1. The lowest BCUT2D eigenvalue weighted by atomic mass is 9.75. The first kappa shape index (κ1) is 9.23. The number of rotatable bonds is 2. The van der Waals surface area contributed by atoms with Crippen molar-refractivity contribution < 1.29 is 9.59 Å². The van der Waals surface area contributed by atoms with Gasteiger partial charge in [-0.25, -0.2) is 0 Å². The van der Waals surface area contributed by atoms with E-state index in [0.717, 1.165) is 0 Å². The highest BCUT2D eigenvalue weighted by Gasteiger charge is 2.45. The molecule has 1 amide bonds. The van der Waals surface area contributed by atoms with E-state index >= 15 is 0 Å². The smallest absolute Gasteiger partial charge is 0.224 e. The van der Waals surface area contributed by atoms with Crippen LogP contribution in [0.2, 0.25) is 0 Å². The molecule has 0 bridgehead atoms. The Morgan fingerprint density at radius 3 is 2.33 bits per heavy atom. The van der Waals surface area contributed by atoms with Gasteiger partial charge in [0.25, 0.3) is 0 Å². The Morgan fingerprint density at radius 2 is 2.17 bits per heavy atom. The summed E-state index contributed by atoms with van der Waals surface area (Å²) in [7, 11) is 0. The first-order chi connectivity index (χ1) is 5.49. The summed E-state index contributed by atoms with van der Waals surface area (Å²) in [4.78, 5) is 22.2. The quantitative estimate of drug-likeness (QED) is 0.666. The minimum atomic E-state index is -0.545. The van der Waals surface area contributed by atoms with E-state index in [-0.39, 0.29) is 17.6 Å². The third kappa shape index (κ3) is 1.24. The average molecular weight is 169 g/mol. The van der Waals surface area contributed by atoms with Gasteiger partial charge in [-0.1, -0.05) is 13.8 Å². The summed E-state index contributed by atoms with van der Waals surface area (Å²) in [5.74, 6) is 0.0206. The van der Waals surface area contributed by atoms with Crippen LogP contribution in [-0.2, 0) is 9.59 Å². The lowest BCUT2D eigenvalue weighted by Gasteiger charge is -2.28. The topological polar surface area (TPSA) is 60.2 Å². The predicted octanol–water partition coefficient (Wildman–Crippen LogP) is 0.867.